The molecule has 4 heterocycles. The number of anilines is 3. The number of thiocarbonyl (C=S) groups is 1. The Morgan fingerprint density at radius 2 is 1.54 bits per heavy atom. The number of halogens is 3. The van der Waals surface area contributed by atoms with Gasteiger partial charge in [-0.2, -0.15) is 18.4 Å². The molecule has 0 atom stereocenters. The number of urea groups is 1. The number of hydrogen-bond donors (Lipinski definition) is 0. The molecule has 2 aromatic rings. The molecule has 6 rings (SSSR count). The zero-order chi connectivity index (χ0) is 28.9. The van der Waals surface area contributed by atoms with Crippen LogP contribution in [-0.2, 0) is 11.0 Å². The van der Waals surface area contributed by atoms with Crippen LogP contribution in [-0.4, -0.2) is 76.6 Å². The molecule has 214 valence electrons. The van der Waals surface area contributed by atoms with Gasteiger partial charge in [-0.15, -0.1) is 0 Å². The number of carbonyl (C=O) groups excluding carboxylic acids is 2. The number of nitriles is 1. The number of aromatic nitrogens is 1. The van der Waals surface area contributed by atoms with E-state index in [0.717, 1.165) is 55.2 Å². The summed E-state index contributed by atoms with van der Waals surface area (Å²) < 4.78 is 40.9. The normalized spacial score (nSPS) is 20.6. The lowest BCUT2D eigenvalue weighted by Gasteiger charge is -2.43. The smallest absolute Gasteiger partial charge is 0.368 e. The summed E-state index contributed by atoms with van der Waals surface area (Å²) in [7, 11) is 0. The monoisotopic (exact) mass is 583 g/mol. The minimum atomic E-state index is -4.81. The topological polar surface area (TPSA) is 87.0 Å². The molecule has 1 saturated carbocycles. The van der Waals surface area contributed by atoms with Gasteiger partial charge in [-0.3, -0.25) is 9.69 Å². The van der Waals surface area contributed by atoms with E-state index in [-0.39, 0.29) is 16.8 Å². The van der Waals surface area contributed by atoms with Gasteiger partial charge in [0, 0.05) is 50.6 Å². The highest BCUT2D eigenvalue weighted by Crippen LogP contribution is 2.48. The highest BCUT2D eigenvalue weighted by molar-refractivity contribution is 7.81. The Bertz CT molecular complexity index is 1420. The molecule has 4 aliphatic rings. The van der Waals surface area contributed by atoms with E-state index in [1.807, 2.05) is 34.1 Å². The van der Waals surface area contributed by atoms with E-state index in [0.29, 0.717) is 44.7 Å². The summed E-state index contributed by atoms with van der Waals surface area (Å²) in [5.41, 5.74) is -1.39. The standard InChI is InChI=1S/C28H28F3N7O2S/c29-28(30,31)22-16-21(18-33-23(22)17-32)37-24(39)27(8-3-9-27)38(26(37)41)20-6-4-19(5-7-20)34-12-14-36(15-13-34)25(40)35-10-1-2-11-35/h4-7,16,18H,1-3,8-15H2. The van der Waals surface area contributed by atoms with Crippen LogP contribution in [0.1, 0.15) is 43.4 Å². The van der Waals surface area contributed by atoms with Gasteiger partial charge in [0.1, 0.15) is 11.6 Å². The number of benzene rings is 1. The average Bonchev–Trinajstić information content (AvgIpc) is 3.57. The SMILES string of the molecule is N#Cc1ncc(N2C(=O)C3(CCC3)N(c3ccc(N4CCN(C(=O)N5CCCC5)CC4)cc3)C2=S)cc1C(F)(F)F. The van der Waals surface area contributed by atoms with Crippen molar-refractivity contribution in [2.45, 2.75) is 43.8 Å². The first-order chi connectivity index (χ1) is 19.6. The third-order valence-electron chi connectivity index (χ3n) is 8.54. The van der Waals surface area contributed by atoms with E-state index >= 15 is 0 Å². The molecule has 3 saturated heterocycles. The Labute approximate surface area is 240 Å². The summed E-state index contributed by atoms with van der Waals surface area (Å²) in [6.45, 7) is 4.32. The number of rotatable bonds is 3. The molecule has 41 heavy (non-hydrogen) atoms. The summed E-state index contributed by atoms with van der Waals surface area (Å²) in [5.74, 6) is -0.392. The highest BCUT2D eigenvalue weighted by Gasteiger charge is 2.59. The van der Waals surface area contributed by atoms with E-state index < -0.39 is 28.9 Å². The Balaban J connectivity index is 1.21. The molecule has 3 amide bonds. The summed E-state index contributed by atoms with van der Waals surface area (Å²) in [6.07, 6.45) is 0.223. The van der Waals surface area contributed by atoms with E-state index in [2.05, 4.69) is 9.88 Å². The first-order valence-electron chi connectivity index (χ1n) is 13.7. The number of piperazine rings is 1. The molecule has 0 unspecified atom stereocenters. The lowest BCUT2D eigenvalue weighted by molar-refractivity contribution is -0.138. The van der Waals surface area contributed by atoms with Gasteiger partial charge in [-0.1, -0.05) is 0 Å². The number of pyridine rings is 1. The van der Waals surface area contributed by atoms with E-state index in [9.17, 15) is 22.8 Å². The van der Waals surface area contributed by atoms with Crippen molar-refractivity contribution < 1.29 is 22.8 Å². The first-order valence-corrected chi connectivity index (χ1v) is 14.1. The molecule has 4 fully saturated rings. The number of nitrogens with zero attached hydrogens (tertiary/aromatic N) is 7. The van der Waals surface area contributed by atoms with Gasteiger partial charge in [-0.25, -0.2) is 9.78 Å². The van der Waals surface area contributed by atoms with Gasteiger partial charge in [0.2, 0.25) is 0 Å². The summed E-state index contributed by atoms with van der Waals surface area (Å²) >= 11 is 5.70. The molecule has 1 aromatic carbocycles. The Morgan fingerprint density at radius 3 is 2.10 bits per heavy atom. The second-order valence-corrected chi connectivity index (χ2v) is 11.2. The molecule has 9 nitrogen and oxygen atoms in total. The predicted molar refractivity (Wildman–Crippen MR) is 150 cm³/mol. The minimum absolute atomic E-state index is 0.0797. The maximum Gasteiger partial charge on any atom is 0.419 e. The van der Waals surface area contributed by atoms with Gasteiger partial charge in [0.25, 0.3) is 5.91 Å². The van der Waals surface area contributed by atoms with Crippen LogP contribution in [0.2, 0.25) is 0 Å². The molecule has 13 heteroatoms. The zero-order valence-corrected chi connectivity index (χ0v) is 23.0. The van der Waals surface area contributed by atoms with Crippen LogP contribution in [0, 0.1) is 11.3 Å². The van der Waals surface area contributed by atoms with E-state index in [1.165, 1.54) is 6.07 Å². The molecule has 0 bridgehead atoms. The van der Waals surface area contributed by atoms with Crippen molar-refractivity contribution in [1.29, 1.82) is 5.26 Å². The van der Waals surface area contributed by atoms with Crippen LogP contribution in [0.15, 0.2) is 36.5 Å². The number of likely N-dealkylation sites (tertiary alicyclic amines) is 1. The molecule has 1 spiro atoms. The molecule has 0 N–H and O–H groups in total. The molecular formula is C28H28F3N7O2S. The van der Waals surface area contributed by atoms with Crippen molar-refractivity contribution in [2.75, 3.05) is 54.0 Å². The molecule has 0 radical (unpaired) electrons. The Morgan fingerprint density at radius 1 is 0.927 bits per heavy atom. The second kappa shape index (κ2) is 10.2. The zero-order valence-electron chi connectivity index (χ0n) is 22.2. The minimum Gasteiger partial charge on any atom is -0.368 e. The number of carbonyl (C=O) groups is 2. The first kappa shape index (κ1) is 27.3. The van der Waals surface area contributed by atoms with Crippen molar-refractivity contribution >= 4 is 46.3 Å². The molecular weight excluding hydrogens is 555 g/mol. The number of hydrogen-bond acceptors (Lipinski definition) is 6. The van der Waals surface area contributed by atoms with Gasteiger partial charge < -0.3 is 19.6 Å². The van der Waals surface area contributed by atoms with Crippen molar-refractivity contribution in [3.05, 3.63) is 47.8 Å². The second-order valence-electron chi connectivity index (χ2n) is 10.8. The Hall–Kier alpha value is -3.92. The number of alkyl halides is 3. The maximum absolute atomic E-state index is 13.7. The van der Waals surface area contributed by atoms with Gasteiger partial charge in [0.05, 0.1) is 17.4 Å². The van der Waals surface area contributed by atoms with Crippen LogP contribution in [0.25, 0.3) is 0 Å². The van der Waals surface area contributed by atoms with Crippen molar-refractivity contribution in [3.63, 3.8) is 0 Å². The molecule has 1 aromatic heterocycles. The quantitative estimate of drug-likeness (QED) is 0.496. The Kier molecular flexibility index (Phi) is 6.76. The van der Waals surface area contributed by atoms with Gasteiger partial charge in [-0.05, 0) is 74.7 Å². The fourth-order valence-corrected chi connectivity index (χ4v) is 6.63. The number of amides is 3. The van der Waals surface area contributed by atoms with Crippen molar-refractivity contribution in [2.24, 2.45) is 0 Å². The third kappa shape index (κ3) is 4.54. The third-order valence-corrected chi connectivity index (χ3v) is 8.90. The summed E-state index contributed by atoms with van der Waals surface area (Å²) in [4.78, 5) is 39.0. The van der Waals surface area contributed by atoms with Crippen LogP contribution < -0.4 is 14.7 Å². The highest BCUT2D eigenvalue weighted by atomic mass is 32.1. The van der Waals surface area contributed by atoms with Crippen LogP contribution in [0.3, 0.4) is 0 Å². The van der Waals surface area contributed by atoms with E-state index in [4.69, 9.17) is 17.5 Å². The predicted octanol–water partition coefficient (Wildman–Crippen LogP) is 4.37. The van der Waals surface area contributed by atoms with Crippen LogP contribution >= 0.6 is 12.2 Å². The fourth-order valence-electron chi connectivity index (χ4n) is 6.17. The van der Waals surface area contributed by atoms with E-state index in [1.54, 1.807) is 4.90 Å². The van der Waals surface area contributed by atoms with Crippen LogP contribution in [0.4, 0.5) is 35.0 Å². The average molecular weight is 584 g/mol. The van der Waals surface area contributed by atoms with Gasteiger partial charge >= 0.3 is 12.2 Å². The van der Waals surface area contributed by atoms with Crippen molar-refractivity contribution in [1.82, 2.24) is 14.8 Å². The van der Waals surface area contributed by atoms with Gasteiger partial charge in [0.15, 0.2) is 10.8 Å². The largest absolute Gasteiger partial charge is 0.419 e. The van der Waals surface area contributed by atoms with Crippen molar-refractivity contribution in [3.8, 4) is 6.07 Å². The lowest BCUT2D eigenvalue weighted by Crippen LogP contribution is -2.55. The maximum atomic E-state index is 13.7. The fraction of sp³-hybridized carbons (Fsp3) is 0.464. The molecule has 1 aliphatic carbocycles. The lowest BCUT2D eigenvalue weighted by atomic mass is 9.75. The molecule has 3 aliphatic heterocycles. The van der Waals surface area contributed by atoms with Crippen LogP contribution in [0.5, 0.6) is 0 Å². The summed E-state index contributed by atoms with van der Waals surface area (Å²) in [5, 5.41) is 9.19. The summed E-state index contributed by atoms with van der Waals surface area (Å²) in [6, 6.07) is 9.98.